The Kier molecular flexibility index (Phi) is 6.25. The van der Waals surface area contributed by atoms with Gasteiger partial charge in [-0.15, -0.1) is 0 Å². The first-order chi connectivity index (χ1) is 13.8. The molecule has 6 nitrogen and oxygen atoms in total. The van der Waals surface area contributed by atoms with Gasteiger partial charge in [0.1, 0.15) is 5.82 Å². The van der Waals surface area contributed by atoms with E-state index in [1.165, 1.54) is 0 Å². The lowest BCUT2D eigenvalue weighted by Gasteiger charge is -2.14. The second-order valence-electron chi connectivity index (χ2n) is 7.87. The van der Waals surface area contributed by atoms with E-state index < -0.39 is 0 Å². The summed E-state index contributed by atoms with van der Waals surface area (Å²) >= 11 is 5.99. The molecular formula is C22H26ClN5O. The van der Waals surface area contributed by atoms with E-state index in [2.05, 4.69) is 31.4 Å². The summed E-state index contributed by atoms with van der Waals surface area (Å²) in [5.74, 6) is 0.583. The molecule has 3 aromatic rings. The number of urea groups is 1. The van der Waals surface area contributed by atoms with Gasteiger partial charge in [-0.3, -0.25) is 5.32 Å². The fourth-order valence-corrected chi connectivity index (χ4v) is 3.08. The lowest BCUT2D eigenvalue weighted by Crippen LogP contribution is -2.21. The molecule has 1 aromatic heterocycles. The summed E-state index contributed by atoms with van der Waals surface area (Å²) in [6.07, 6.45) is 0.777. The molecule has 0 saturated heterocycles. The van der Waals surface area contributed by atoms with Gasteiger partial charge in [0.15, 0.2) is 0 Å². The molecule has 0 saturated carbocycles. The Bertz CT molecular complexity index is 1010. The highest BCUT2D eigenvalue weighted by Crippen LogP contribution is 2.27. The van der Waals surface area contributed by atoms with E-state index in [1.807, 2.05) is 30.3 Å². The smallest absolute Gasteiger partial charge is 0.324 e. The highest BCUT2D eigenvalue weighted by atomic mass is 35.5. The van der Waals surface area contributed by atoms with Gasteiger partial charge in [-0.2, -0.15) is 5.10 Å². The molecule has 0 radical (unpaired) electrons. The number of carbonyl (C=O) groups is 1. The second kappa shape index (κ2) is 8.68. The van der Waals surface area contributed by atoms with Crippen molar-refractivity contribution in [1.82, 2.24) is 9.78 Å². The zero-order chi connectivity index (χ0) is 21.0. The van der Waals surface area contributed by atoms with Crippen LogP contribution in [-0.2, 0) is 11.8 Å². The molecule has 1 heterocycles. The summed E-state index contributed by atoms with van der Waals surface area (Å²) < 4.78 is 1.75. The Morgan fingerprint density at radius 3 is 2.55 bits per heavy atom. The van der Waals surface area contributed by atoms with Crippen molar-refractivity contribution in [3.63, 3.8) is 0 Å². The van der Waals surface area contributed by atoms with Gasteiger partial charge < -0.3 is 11.1 Å². The standard InChI is InChI=1S/C22H26ClN5O/c1-22(2,3)19-14-20(26-21(29)25-17-8-5-7-16(23)13-17)28(27-19)18-9-4-6-15(12-18)10-11-24/h4-9,12-14H,10-11,24H2,1-3H3,(H2,25,26,29). The van der Waals surface area contributed by atoms with Crippen molar-refractivity contribution in [3.8, 4) is 5.69 Å². The maximum absolute atomic E-state index is 12.6. The van der Waals surface area contributed by atoms with E-state index >= 15 is 0 Å². The molecule has 3 rings (SSSR count). The van der Waals surface area contributed by atoms with Gasteiger partial charge in [0.25, 0.3) is 0 Å². The van der Waals surface area contributed by atoms with Crippen LogP contribution in [0.3, 0.4) is 0 Å². The summed E-state index contributed by atoms with van der Waals surface area (Å²) in [5.41, 5.74) is 9.00. The number of amides is 2. The van der Waals surface area contributed by atoms with Crippen LogP contribution in [0, 0.1) is 0 Å². The minimum Gasteiger partial charge on any atom is -0.330 e. The average Bonchev–Trinajstić information content (AvgIpc) is 3.06. The van der Waals surface area contributed by atoms with Crippen LogP contribution in [0.1, 0.15) is 32.0 Å². The number of hydrogen-bond donors (Lipinski definition) is 3. The molecule has 7 heteroatoms. The number of nitrogens with one attached hydrogen (secondary N) is 2. The Balaban J connectivity index is 1.91. The number of halogens is 1. The van der Waals surface area contributed by atoms with Crippen molar-refractivity contribution in [2.24, 2.45) is 5.73 Å². The molecule has 2 aromatic carbocycles. The molecule has 0 atom stereocenters. The molecule has 0 fully saturated rings. The lowest BCUT2D eigenvalue weighted by molar-refractivity contribution is 0.262. The van der Waals surface area contributed by atoms with Gasteiger partial charge in [0.2, 0.25) is 0 Å². The fourth-order valence-electron chi connectivity index (χ4n) is 2.89. The Labute approximate surface area is 176 Å². The molecule has 0 unspecified atom stereocenters. The minimum absolute atomic E-state index is 0.167. The highest BCUT2D eigenvalue weighted by molar-refractivity contribution is 6.30. The van der Waals surface area contributed by atoms with Crippen LogP contribution in [0.2, 0.25) is 5.02 Å². The monoisotopic (exact) mass is 411 g/mol. The first kappa shape index (κ1) is 20.9. The first-order valence-corrected chi connectivity index (χ1v) is 9.87. The Morgan fingerprint density at radius 1 is 1.10 bits per heavy atom. The third kappa shape index (κ3) is 5.37. The number of benzene rings is 2. The zero-order valence-corrected chi connectivity index (χ0v) is 17.6. The molecule has 29 heavy (non-hydrogen) atoms. The number of aromatic nitrogens is 2. The molecule has 0 spiro atoms. The van der Waals surface area contributed by atoms with Crippen LogP contribution in [-0.4, -0.2) is 22.4 Å². The van der Waals surface area contributed by atoms with Crippen molar-refractivity contribution < 1.29 is 4.79 Å². The summed E-state index contributed by atoms with van der Waals surface area (Å²) in [6.45, 7) is 6.82. The lowest BCUT2D eigenvalue weighted by atomic mass is 9.92. The van der Waals surface area contributed by atoms with Gasteiger partial charge in [-0.25, -0.2) is 9.48 Å². The Morgan fingerprint density at radius 2 is 1.86 bits per heavy atom. The van der Waals surface area contributed by atoms with Crippen molar-refractivity contribution in [1.29, 1.82) is 0 Å². The van der Waals surface area contributed by atoms with Crippen molar-refractivity contribution in [2.75, 3.05) is 17.2 Å². The molecule has 0 aliphatic heterocycles. The largest absolute Gasteiger partial charge is 0.330 e. The van der Waals surface area contributed by atoms with Crippen LogP contribution >= 0.6 is 11.6 Å². The van der Waals surface area contributed by atoms with Gasteiger partial charge in [0, 0.05) is 22.2 Å². The van der Waals surface area contributed by atoms with Gasteiger partial charge >= 0.3 is 6.03 Å². The summed E-state index contributed by atoms with van der Waals surface area (Å²) in [6, 6.07) is 16.5. The van der Waals surface area contributed by atoms with Crippen molar-refractivity contribution >= 4 is 29.1 Å². The molecule has 2 amide bonds. The second-order valence-corrected chi connectivity index (χ2v) is 8.31. The van der Waals surface area contributed by atoms with Crippen molar-refractivity contribution in [2.45, 2.75) is 32.6 Å². The predicted octanol–water partition coefficient (Wildman–Crippen LogP) is 4.97. The number of anilines is 2. The predicted molar refractivity (Wildman–Crippen MR) is 119 cm³/mol. The fraction of sp³-hybridized carbons (Fsp3) is 0.273. The zero-order valence-electron chi connectivity index (χ0n) is 16.9. The maximum Gasteiger partial charge on any atom is 0.324 e. The summed E-state index contributed by atoms with van der Waals surface area (Å²) in [5, 5.41) is 11.0. The van der Waals surface area contributed by atoms with Crippen LogP contribution in [0.15, 0.2) is 54.6 Å². The van der Waals surface area contributed by atoms with E-state index in [9.17, 15) is 4.79 Å². The van der Waals surface area contributed by atoms with Crippen LogP contribution in [0.5, 0.6) is 0 Å². The SMILES string of the molecule is CC(C)(C)c1cc(NC(=O)Nc2cccc(Cl)c2)n(-c2cccc(CCN)c2)n1. The van der Waals surface area contributed by atoms with E-state index in [4.69, 9.17) is 22.4 Å². The van der Waals surface area contributed by atoms with E-state index in [1.54, 1.807) is 28.9 Å². The topological polar surface area (TPSA) is 85.0 Å². The number of rotatable bonds is 5. The third-order valence-electron chi connectivity index (χ3n) is 4.39. The quantitative estimate of drug-likeness (QED) is 0.554. The van der Waals surface area contributed by atoms with Gasteiger partial charge in [0.05, 0.1) is 11.4 Å². The number of nitrogens with two attached hydrogens (primary N) is 1. The van der Waals surface area contributed by atoms with Crippen LogP contribution in [0.25, 0.3) is 5.69 Å². The normalized spacial score (nSPS) is 11.3. The molecule has 0 aliphatic carbocycles. The molecule has 152 valence electrons. The molecule has 4 N–H and O–H groups in total. The number of carbonyl (C=O) groups excluding carboxylic acids is 1. The molecule has 0 aliphatic rings. The minimum atomic E-state index is -0.369. The highest BCUT2D eigenvalue weighted by Gasteiger charge is 2.21. The summed E-state index contributed by atoms with van der Waals surface area (Å²) in [7, 11) is 0. The van der Waals surface area contributed by atoms with E-state index in [0.29, 0.717) is 23.1 Å². The average molecular weight is 412 g/mol. The first-order valence-electron chi connectivity index (χ1n) is 9.50. The van der Waals surface area contributed by atoms with Crippen molar-refractivity contribution in [3.05, 3.63) is 70.9 Å². The Hall–Kier alpha value is -2.83. The van der Waals surface area contributed by atoms with Gasteiger partial charge in [-0.05, 0) is 48.9 Å². The number of nitrogens with zero attached hydrogens (tertiary/aromatic N) is 2. The maximum atomic E-state index is 12.6. The molecule has 0 bridgehead atoms. The van der Waals surface area contributed by atoms with Crippen LogP contribution in [0.4, 0.5) is 16.3 Å². The van der Waals surface area contributed by atoms with E-state index in [0.717, 1.165) is 23.4 Å². The summed E-state index contributed by atoms with van der Waals surface area (Å²) in [4.78, 5) is 12.6. The van der Waals surface area contributed by atoms with Gasteiger partial charge in [-0.1, -0.05) is 50.6 Å². The third-order valence-corrected chi connectivity index (χ3v) is 4.63. The molecular weight excluding hydrogens is 386 g/mol. The number of hydrogen-bond acceptors (Lipinski definition) is 3. The van der Waals surface area contributed by atoms with Crippen LogP contribution < -0.4 is 16.4 Å². The van der Waals surface area contributed by atoms with E-state index in [-0.39, 0.29) is 11.4 Å².